The lowest BCUT2D eigenvalue weighted by molar-refractivity contribution is -0.142. The Bertz CT molecular complexity index is 843. The third-order valence-corrected chi connectivity index (χ3v) is 9.71. The van der Waals surface area contributed by atoms with Crippen molar-refractivity contribution in [2.24, 2.45) is 23.2 Å². The van der Waals surface area contributed by atoms with Crippen LogP contribution in [-0.2, 0) is 9.59 Å². The Morgan fingerprint density at radius 1 is 1.17 bits per heavy atom. The van der Waals surface area contributed by atoms with Crippen molar-refractivity contribution in [3.8, 4) is 0 Å². The topological polar surface area (TPSA) is 61.4 Å². The van der Waals surface area contributed by atoms with Crippen LogP contribution >= 0.6 is 11.6 Å². The summed E-state index contributed by atoms with van der Waals surface area (Å²) in [4.78, 5) is 28.6. The van der Waals surface area contributed by atoms with Crippen LogP contribution in [0.1, 0.15) is 91.9 Å². The summed E-state index contributed by atoms with van der Waals surface area (Å²) in [6.07, 6.45) is 17.0. The fourth-order valence-corrected chi connectivity index (χ4v) is 7.42. The van der Waals surface area contributed by atoms with E-state index in [1.165, 1.54) is 18.4 Å². The monoisotopic (exact) mass is 517 g/mol. The van der Waals surface area contributed by atoms with Crippen LogP contribution < -0.4 is 10.6 Å². The summed E-state index contributed by atoms with van der Waals surface area (Å²) in [7, 11) is 0. The number of carbonyl (C=O) groups is 2. The molecule has 0 aromatic heterocycles. The Balaban J connectivity index is 1.28. The first-order valence-electron chi connectivity index (χ1n) is 14.5. The standard InChI is InChI=1S/C30H48ClN3O2/c1-20(2)28(33-27(35)16-15-24-14-11-22-7-5-6-8-26(22)32-24)29(36)34-18-17-25(30(3,4)19-34)21-9-12-23(31)13-10-21/h5,7,11,20-21,23-26,28,32H,6,8-10,12-19H2,1-4H3,(H,33,35)/t21?,23?,24?,25?,26?,28-/m1/s1. The number of amides is 2. The Kier molecular flexibility index (Phi) is 9.25. The molecule has 4 aliphatic rings. The van der Waals surface area contributed by atoms with Gasteiger partial charge in [0.05, 0.1) is 0 Å². The van der Waals surface area contributed by atoms with Gasteiger partial charge >= 0.3 is 0 Å². The Morgan fingerprint density at radius 3 is 2.61 bits per heavy atom. The van der Waals surface area contributed by atoms with Crippen LogP contribution in [0.4, 0.5) is 0 Å². The van der Waals surface area contributed by atoms with E-state index in [0.29, 0.717) is 29.8 Å². The number of hydrogen-bond acceptors (Lipinski definition) is 3. The third-order valence-electron chi connectivity index (χ3n) is 9.27. The number of rotatable bonds is 7. The first kappa shape index (κ1) is 27.7. The summed E-state index contributed by atoms with van der Waals surface area (Å²) in [6, 6.07) is 0.307. The normalized spacial score (nSPS) is 33.0. The number of hydrogen-bond donors (Lipinski definition) is 2. The molecule has 4 atom stereocenters. The molecule has 2 amide bonds. The Hall–Kier alpha value is -1.33. The molecule has 2 aliphatic heterocycles. The van der Waals surface area contributed by atoms with Crippen molar-refractivity contribution in [2.45, 2.75) is 115 Å². The van der Waals surface area contributed by atoms with Gasteiger partial charge in [-0.25, -0.2) is 0 Å². The zero-order valence-corrected chi connectivity index (χ0v) is 23.7. The minimum Gasteiger partial charge on any atom is -0.344 e. The molecule has 0 bridgehead atoms. The maximum absolute atomic E-state index is 13.6. The van der Waals surface area contributed by atoms with Crippen molar-refractivity contribution in [1.29, 1.82) is 0 Å². The number of fused-ring (bicyclic) bond motifs is 1. The van der Waals surface area contributed by atoms with Gasteiger partial charge in [-0.15, -0.1) is 11.6 Å². The molecule has 2 fully saturated rings. The second-order valence-electron chi connectivity index (χ2n) is 12.8. The fraction of sp³-hybridized carbons (Fsp3) is 0.800. The zero-order chi connectivity index (χ0) is 25.9. The van der Waals surface area contributed by atoms with Crippen molar-refractivity contribution in [3.05, 3.63) is 23.8 Å². The molecule has 0 aromatic carbocycles. The van der Waals surface area contributed by atoms with Crippen LogP contribution in [0.2, 0.25) is 0 Å². The molecule has 2 N–H and O–H groups in total. The van der Waals surface area contributed by atoms with Gasteiger partial charge in [-0.05, 0) is 86.5 Å². The summed E-state index contributed by atoms with van der Waals surface area (Å²) >= 11 is 6.36. The third kappa shape index (κ3) is 6.75. The van der Waals surface area contributed by atoms with Crippen LogP contribution in [0.25, 0.3) is 0 Å². The maximum Gasteiger partial charge on any atom is 0.245 e. The van der Waals surface area contributed by atoms with E-state index in [2.05, 4.69) is 42.7 Å². The van der Waals surface area contributed by atoms with Gasteiger partial charge in [0.15, 0.2) is 0 Å². The molecule has 2 aliphatic carbocycles. The van der Waals surface area contributed by atoms with Crippen LogP contribution in [-0.4, -0.2) is 53.3 Å². The van der Waals surface area contributed by atoms with Crippen LogP contribution in [0.5, 0.6) is 0 Å². The smallest absolute Gasteiger partial charge is 0.245 e. The van der Waals surface area contributed by atoms with Gasteiger partial charge in [0.1, 0.15) is 6.04 Å². The fourth-order valence-electron chi connectivity index (χ4n) is 7.16. The molecule has 6 heteroatoms. The highest BCUT2D eigenvalue weighted by Crippen LogP contribution is 2.45. The molecular formula is C30H48ClN3O2. The van der Waals surface area contributed by atoms with Crippen molar-refractivity contribution in [3.63, 3.8) is 0 Å². The molecule has 1 saturated heterocycles. The van der Waals surface area contributed by atoms with Gasteiger partial charge in [0, 0.05) is 37.0 Å². The van der Waals surface area contributed by atoms with E-state index in [0.717, 1.165) is 64.0 Å². The largest absolute Gasteiger partial charge is 0.344 e. The van der Waals surface area contributed by atoms with Crippen LogP contribution in [0.3, 0.4) is 0 Å². The quantitative estimate of drug-likeness (QED) is 0.433. The van der Waals surface area contributed by atoms with E-state index >= 15 is 0 Å². The molecule has 0 aromatic rings. The molecule has 2 heterocycles. The predicted octanol–water partition coefficient (Wildman–Crippen LogP) is 5.59. The van der Waals surface area contributed by atoms with Gasteiger partial charge in [-0.2, -0.15) is 0 Å². The number of likely N-dealkylation sites (tertiary alicyclic amines) is 1. The Morgan fingerprint density at radius 2 is 1.92 bits per heavy atom. The highest BCUT2D eigenvalue weighted by molar-refractivity contribution is 6.20. The van der Waals surface area contributed by atoms with E-state index in [-0.39, 0.29) is 23.1 Å². The van der Waals surface area contributed by atoms with Gasteiger partial charge in [0.2, 0.25) is 11.8 Å². The number of nitrogens with zero attached hydrogens (tertiary/aromatic N) is 1. The zero-order valence-electron chi connectivity index (χ0n) is 22.9. The van der Waals surface area contributed by atoms with E-state index in [9.17, 15) is 9.59 Å². The molecule has 0 radical (unpaired) electrons. The number of halogens is 1. The molecular weight excluding hydrogens is 470 g/mol. The number of allylic oxidation sites excluding steroid dienone is 1. The van der Waals surface area contributed by atoms with E-state index < -0.39 is 6.04 Å². The SMILES string of the molecule is CC(C)[C@@H](NC(=O)CCC1CC=C2C=CCCC2N1)C(=O)N1CCC(C2CCC(Cl)CC2)C(C)(C)C1. The molecule has 0 spiro atoms. The molecule has 5 nitrogen and oxygen atoms in total. The van der Waals surface area contributed by atoms with Crippen molar-refractivity contribution in [1.82, 2.24) is 15.5 Å². The first-order valence-corrected chi connectivity index (χ1v) is 14.9. The van der Waals surface area contributed by atoms with E-state index in [4.69, 9.17) is 11.6 Å². The van der Waals surface area contributed by atoms with Gasteiger partial charge in [-0.3, -0.25) is 9.59 Å². The lowest BCUT2D eigenvalue weighted by atomic mass is 9.64. The number of carbonyl (C=O) groups excluding carboxylic acids is 2. The second kappa shape index (κ2) is 12.0. The van der Waals surface area contributed by atoms with Gasteiger partial charge in [0.25, 0.3) is 0 Å². The summed E-state index contributed by atoms with van der Waals surface area (Å²) in [6.45, 7) is 10.3. The summed E-state index contributed by atoms with van der Waals surface area (Å²) in [5.74, 6) is 1.50. The maximum atomic E-state index is 13.6. The molecule has 3 unspecified atom stereocenters. The average molecular weight is 518 g/mol. The second-order valence-corrected chi connectivity index (χ2v) is 13.4. The summed E-state index contributed by atoms with van der Waals surface area (Å²) < 4.78 is 0. The average Bonchev–Trinajstić information content (AvgIpc) is 2.85. The number of nitrogens with one attached hydrogen (secondary N) is 2. The van der Waals surface area contributed by atoms with Crippen molar-refractivity contribution < 1.29 is 9.59 Å². The van der Waals surface area contributed by atoms with Crippen molar-refractivity contribution in [2.75, 3.05) is 13.1 Å². The highest BCUT2D eigenvalue weighted by Gasteiger charge is 2.43. The Labute approximate surface area is 223 Å². The molecule has 36 heavy (non-hydrogen) atoms. The van der Waals surface area contributed by atoms with E-state index in [1.807, 2.05) is 18.7 Å². The minimum atomic E-state index is -0.453. The van der Waals surface area contributed by atoms with Crippen LogP contribution in [0, 0.1) is 23.2 Å². The molecule has 4 rings (SSSR count). The minimum absolute atomic E-state index is 0.00542. The first-order chi connectivity index (χ1) is 17.1. The van der Waals surface area contributed by atoms with Gasteiger partial charge < -0.3 is 15.5 Å². The van der Waals surface area contributed by atoms with E-state index in [1.54, 1.807) is 0 Å². The lowest BCUT2D eigenvalue weighted by Gasteiger charge is -2.49. The van der Waals surface area contributed by atoms with Crippen molar-refractivity contribution >= 4 is 23.4 Å². The molecule has 202 valence electrons. The summed E-state index contributed by atoms with van der Waals surface area (Å²) in [5.41, 5.74) is 1.47. The lowest BCUT2D eigenvalue weighted by Crippen LogP contribution is -2.57. The highest BCUT2D eigenvalue weighted by atomic mass is 35.5. The predicted molar refractivity (Wildman–Crippen MR) is 148 cm³/mol. The number of piperidine rings is 1. The molecule has 1 saturated carbocycles. The summed E-state index contributed by atoms with van der Waals surface area (Å²) in [5, 5.41) is 7.18. The van der Waals surface area contributed by atoms with Gasteiger partial charge in [-0.1, -0.05) is 45.9 Å². The number of alkyl halides is 1. The van der Waals surface area contributed by atoms with Crippen LogP contribution in [0.15, 0.2) is 23.8 Å².